The Kier molecular flexibility index (Phi) is 4.81. The lowest BCUT2D eigenvalue weighted by Crippen LogP contribution is -2.39. The van der Waals surface area contributed by atoms with E-state index in [1.165, 1.54) is 25.7 Å². The lowest BCUT2D eigenvalue weighted by molar-refractivity contribution is 0.123. The molecule has 1 saturated carbocycles. The van der Waals surface area contributed by atoms with E-state index in [1.54, 1.807) is 0 Å². The van der Waals surface area contributed by atoms with E-state index < -0.39 is 0 Å². The van der Waals surface area contributed by atoms with Crippen molar-refractivity contribution < 1.29 is 4.74 Å². The molecule has 0 radical (unpaired) electrons. The smallest absolute Gasteiger partial charge is 0.174 e. The van der Waals surface area contributed by atoms with Gasteiger partial charge in [-0.15, -0.1) is 0 Å². The summed E-state index contributed by atoms with van der Waals surface area (Å²) in [5.41, 5.74) is 1.66. The van der Waals surface area contributed by atoms with E-state index in [9.17, 15) is 0 Å². The molecule has 102 valence electrons. The van der Waals surface area contributed by atoms with Crippen LogP contribution in [0.15, 0.2) is 24.3 Å². The number of para-hydroxylation sites is 1. The highest BCUT2D eigenvalue weighted by atomic mass is 16.5. The number of hydrogen-bond donors (Lipinski definition) is 1. The van der Waals surface area contributed by atoms with E-state index in [1.807, 2.05) is 24.3 Å². The van der Waals surface area contributed by atoms with Crippen molar-refractivity contribution in [3.8, 4) is 11.8 Å². The van der Waals surface area contributed by atoms with Crippen molar-refractivity contribution in [2.24, 2.45) is 5.41 Å². The number of hydrogen-bond acceptors (Lipinski definition) is 3. The van der Waals surface area contributed by atoms with Crippen molar-refractivity contribution in [3.05, 3.63) is 29.8 Å². The van der Waals surface area contributed by atoms with Crippen molar-refractivity contribution >= 4 is 0 Å². The molecule has 0 unspecified atom stereocenters. The molecule has 0 saturated heterocycles. The van der Waals surface area contributed by atoms with E-state index in [0.29, 0.717) is 5.41 Å². The maximum atomic E-state index is 8.58. The van der Waals surface area contributed by atoms with Crippen LogP contribution in [0.3, 0.4) is 0 Å². The maximum Gasteiger partial charge on any atom is 0.174 e. The fourth-order valence-corrected chi connectivity index (χ4v) is 2.70. The Hall–Kier alpha value is -1.53. The molecule has 2 rings (SSSR count). The molecule has 0 amide bonds. The molecule has 1 aromatic carbocycles. The van der Waals surface area contributed by atoms with Gasteiger partial charge in [0, 0.05) is 18.7 Å². The second-order valence-corrected chi connectivity index (χ2v) is 5.37. The minimum atomic E-state index is 0.107. The molecule has 1 N–H and O–H groups in total. The standard InChI is InChI=1S/C16H22N2O/c1-2-16(8-5-9-16)13-18-12-14-6-3-4-7-15(14)19-11-10-17/h3-4,6-7,18H,2,5,8-9,11-13H2,1H3. The summed E-state index contributed by atoms with van der Waals surface area (Å²) < 4.78 is 5.43. The average Bonchev–Trinajstić information content (AvgIpc) is 2.40. The number of ether oxygens (including phenoxy) is 1. The molecule has 0 heterocycles. The summed E-state index contributed by atoms with van der Waals surface area (Å²) in [5, 5.41) is 12.1. The summed E-state index contributed by atoms with van der Waals surface area (Å²) in [6.07, 6.45) is 5.33. The summed E-state index contributed by atoms with van der Waals surface area (Å²) in [7, 11) is 0. The van der Waals surface area contributed by atoms with Gasteiger partial charge in [0.25, 0.3) is 0 Å². The van der Waals surface area contributed by atoms with Crippen molar-refractivity contribution in [1.29, 1.82) is 5.26 Å². The maximum absolute atomic E-state index is 8.58. The zero-order valence-electron chi connectivity index (χ0n) is 11.6. The van der Waals surface area contributed by atoms with Gasteiger partial charge in [-0.1, -0.05) is 31.5 Å². The summed E-state index contributed by atoms with van der Waals surface area (Å²) in [4.78, 5) is 0. The highest BCUT2D eigenvalue weighted by Gasteiger charge is 2.34. The first kappa shape index (κ1) is 13.9. The topological polar surface area (TPSA) is 45.0 Å². The van der Waals surface area contributed by atoms with Gasteiger partial charge in [-0.3, -0.25) is 0 Å². The van der Waals surface area contributed by atoms with Crippen LogP contribution in [-0.2, 0) is 6.54 Å². The Morgan fingerprint density at radius 1 is 1.37 bits per heavy atom. The van der Waals surface area contributed by atoms with E-state index in [2.05, 4.69) is 18.3 Å². The number of nitrogens with one attached hydrogen (secondary N) is 1. The number of rotatable bonds is 7. The highest BCUT2D eigenvalue weighted by molar-refractivity contribution is 5.33. The van der Waals surface area contributed by atoms with Gasteiger partial charge in [-0.05, 0) is 30.7 Å². The van der Waals surface area contributed by atoms with Gasteiger partial charge in [0.15, 0.2) is 6.61 Å². The van der Waals surface area contributed by atoms with Crippen LogP contribution in [0.25, 0.3) is 0 Å². The Morgan fingerprint density at radius 2 is 2.16 bits per heavy atom. The fraction of sp³-hybridized carbons (Fsp3) is 0.562. The molecule has 3 heteroatoms. The Labute approximate surface area is 115 Å². The molecule has 0 spiro atoms. The molecule has 0 atom stereocenters. The van der Waals surface area contributed by atoms with Crippen molar-refractivity contribution in [3.63, 3.8) is 0 Å². The summed E-state index contributed by atoms with van der Waals surface area (Å²) >= 11 is 0. The summed E-state index contributed by atoms with van der Waals surface area (Å²) in [6.45, 7) is 4.28. The Bertz CT molecular complexity index is 441. The van der Waals surface area contributed by atoms with Crippen molar-refractivity contribution in [2.75, 3.05) is 13.2 Å². The lowest BCUT2D eigenvalue weighted by Gasteiger charge is -2.41. The van der Waals surface area contributed by atoms with Gasteiger partial charge in [0.1, 0.15) is 11.8 Å². The van der Waals surface area contributed by atoms with Gasteiger partial charge >= 0.3 is 0 Å². The molecule has 1 aliphatic carbocycles. The Balaban J connectivity index is 1.87. The lowest BCUT2D eigenvalue weighted by atomic mass is 9.67. The van der Waals surface area contributed by atoms with Crippen LogP contribution in [0.5, 0.6) is 5.75 Å². The van der Waals surface area contributed by atoms with Crippen LogP contribution in [0.1, 0.15) is 38.2 Å². The SMILES string of the molecule is CCC1(CNCc2ccccc2OCC#N)CCC1. The molecular weight excluding hydrogens is 236 g/mol. The monoisotopic (exact) mass is 258 g/mol. The first-order valence-electron chi connectivity index (χ1n) is 7.08. The number of nitriles is 1. The molecule has 0 bridgehead atoms. The van der Waals surface area contributed by atoms with E-state index >= 15 is 0 Å². The fourth-order valence-electron chi connectivity index (χ4n) is 2.70. The normalized spacial score (nSPS) is 16.4. The van der Waals surface area contributed by atoms with Gasteiger partial charge in [0.2, 0.25) is 0 Å². The number of benzene rings is 1. The predicted octanol–water partition coefficient (Wildman–Crippen LogP) is 3.26. The zero-order valence-corrected chi connectivity index (χ0v) is 11.6. The highest BCUT2D eigenvalue weighted by Crippen LogP contribution is 2.43. The van der Waals surface area contributed by atoms with Gasteiger partial charge in [-0.2, -0.15) is 5.26 Å². The molecule has 0 aliphatic heterocycles. The van der Waals surface area contributed by atoms with E-state index in [0.717, 1.165) is 24.4 Å². The van der Waals surface area contributed by atoms with Crippen LogP contribution in [0.2, 0.25) is 0 Å². The van der Waals surface area contributed by atoms with Gasteiger partial charge in [-0.25, -0.2) is 0 Å². The number of nitrogens with zero attached hydrogens (tertiary/aromatic N) is 1. The molecule has 3 nitrogen and oxygen atoms in total. The molecule has 1 fully saturated rings. The third kappa shape index (κ3) is 3.48. The second kappa shape index (κ2) is 6.58. The van der Waals surface area contributed by atoms with Crippen LogP contribution >= 0.6 is 0 Å². The average molecular weight is 258 g/mol. The van der Waals surface area contributed by atoms with Crippen LogP contribution in [0, 0.1) is 16.7 Å². The first-order chi connectivity index (χ1) is 9.29. The first-order valence-corrected chi connectivity index (χ1v) is 7.08. The molecule has 1 aromatic rings. The van der Waals surface area contributed by atoms with Crippen LogP contribution in [0.4, 0.5) is 0 Å². The molecule has 19 heavy (non-hydrogen) atoms. The zero-order chi connectivity index (χ0) is 13.6. The van der Waals surface area contributed by atoms with E-state index in [4.69, 9.17) is 10.00 Å². The summed E-state index contributed by atoms with van der Waals surface area (Å²) in [5.74, 6) is 0.815. The van der Waals surface area contributed by atoms with E-state index in [-0.39, 0.29) is 6.61 Å². The second-order valence-electron chi connectivity index (χ2n) is 5.37. The minimum Gasteiger partial charge on any atom is -0.478 e. The van der Waals surface area contributed by atoms with Crippen LogP contribution in [-0.4, -0.2) is 13.2 Å². The van der Waals surface area contributed by atoms with Crippen molar-refractivity contribution in [1.82, 2.24) is 5.32 Å². The third-order valence-corrected chi connectivity index (χ3v) is 4.24. The Morgan fingerprint density at radius 3 is 2.79 bits per heavy atom. The molecule has 1 aliphatic rings. The largest absolute Gasteiger partial charge is 0.478 e. The van der Waals surface area contributed by atoms with Crippen molar-refractivity contribution in [2.45, 2.75) is 39.2 Å². The minimum absolute atomic E-state index is 0.107. The van der Waals surface area contributed by atoms with Gasteiger partial charge in [0.05, 0.1) is 0 Å². The van der Waals surface area contributed by atoms with Crippen LogP contribution < -0.4 is 10.1 Å². The summed E-state index contributed by atoms with van der Waals surface area (Å²) in [6, 6.07) is 9.94. The quantitative estimate of drug-likeness (QED) is 0.816. The predicted molar refractivity (Wildman–Crippen MR) is 75.8 cm³/mol. The molecular formula is C16H22N2O. The third-order valence-electron chi connectivity index (χ3n) is 4.24. The van der Waals surface area contributed by atoms with Gasteiger partial charge < -0.3 is 10.1 Å². The molecule has 0 aromatic heterocycles.